The summed E-state index contributed by atoms with van der Waals surface area (Å²) < 4.78 is 5.50. The first-order valence-corrected chi connectivity index (χ1v) is 8.11. The third kappa shape index (κ3) is 3.06. The summed E-state index contributed by atoms with van der Waals surface area (Å²) in [6.07, 6.45) is 2.06. The summed E-state index contributed by atoms with van der Waals surface area (Å²) in [6.45, 7) is 2.25. The van der Waals surface area contributed by atoms with E-state index < -0.39 is 0 Å². The van der Waals surface area contributed by atoms with Crippen molar-refractivity contribution in [2.24, 2.45) is 0 Å². The van der Waals surface area contributed by atoms with E-state index in [1.165, 1.54) is 11.1 Å². The number of hydrogen-bond acceptors (Lipinski definition) is 1. The third-order valence-electron chi connectivity index (χ3n) is 4.04. The maximum atomic E-state index is 5.50. The predicted molar refractivity (Wildman–Crippen MR) is 88.9 cm³/mol. The van der Waals surface area contributed by atoms with Gasteiger partial charge in [0, 0.05) is 10.7 Å². The fourth-order valence-corrected chi connectivity index (χ4v) is 3.57. The van der Waals surface area contributed by atoms with Gasteiger partial charge in [0.25, 0.3) is 0 Å². The molecular weight excluding hydrogens is 312 g/mol. The fraction of sp³-hybridized carbons (Fsp3) is 0.333. The lowest BCUT2D eigenvalue weighted by Gasteiger charge is -2.32. The Balaban J connectivity index is 2.39. The Morgan fingerprint density at radius 3 is 2.25 bits per heavy atom. The average Bonchev–Trinajstić information content (AvgIpc) is 2.54. The van der Waals surface area contributed by atoms with Crippen molar-refractivity contribution in [3.05, 3.63) is 65.7 Å². The lowest BCUT2D eigenvalue weighted by molar-refractivity contribution is 0.396. The summed E-state index contributed by atoms with van der Waals surface area (Å²) >= 11 is 3.73. The van der Waals surface area contributed by atoms with Gasteiger partial charge in [-0.25, -0.2) is 0 Å². The van der Waals surface area contributed by atoms with E-state index in [0.29, 0.717) is 0 Å². The van der Waals surface area contributed by atoms with E-state index in [2.05, 4.69) is 65.3 Å². The average molecular weight is 333 g/mol. The summed E-state index contributed by atoms with van der Waals surface area (Å²) in [5, 5.41) is 0.943. The Morgan fingerprint density at radius 1 is 1.00 bits per heavy atom. The number of rotatable bonds is 6. The van der Waals surface area contributed by atoms with Crippen LogP contribution in [-0.4, -0.2) is 12.4 Å². The molecular formula is C18H21BrO. The van der Waals surface area contributed by atoms with Crippen molar-refractivity contribution in [2.75, 3.05) is 12.4 Å². The van der Waals surface area contributed by atoms with Gasteiger partial charge < -0.3 is 4.74 Å². The minimum absolute atomic E-state index is 0.107. The molecule has 0 saturated heterocycles. The van der Waals surface area contributed by atoms with Gasteiger partial charge in [-0.2, -0.15) is 0 Å². The maximum Gasteiger partial charge on any atom is 0.122 e. The van der Waals surface area contributed by atoms with Crippen LogP contribution in [0, 0.1) is 0 Å². The van der Waals surface area contributed by atoms with Crippen molar-refractivity contribution in [3.8, 4) is 5.75 Å². The molecule has 0 amide bonds. The van der Waals surface area contributed by atoms with Crippen molar-refractivity contribution in [1.82, 2.24) is 0 Å². The standard InChI is InChI=1S/C18H21BrO/c1-3-18(14-19,16-10-5-4-6-11-16)13-15-9-7-8-12-17(15)20-2/h4-12H,3,13-14H2,1-2H3. The summed E-state index contributed by atoms with van der Waals surface area (Å²) in [7, 11) is 1.74. The van der Waals surface area contributed by atoms with Gasteiger partial charge in [-0.05, 0) is 30.0 Å². The molecule has 0 radical (unpaired) electrons. The normalized spacial score (nSPS) is 13.8. The molecule has 0 heterocycles. The van der Waals surface area contributed by atoms with Gasteiger partial charge >= 0.3 is 0 Å². The molecule has 1 atom stereocenters. The molecule has 106 valence electrons. The minimum atomic E-state index is 0.107. The number of para-hydroxylation sites is 1. The van der Waals surface area contributed by atoms with Crippen LogP contribution < -0.4 is 4.74 Å². The van der Waals surface area contributed by atoms with Crippen molar-refractivity contribution in [1.29, 1.82) is 0 Å². The summed E-state index contributed by atoms with van der Waals surface area (Å²) in [5.74, 6) is 0.974. The second-order valence-corrected chi connectivity index (χ2v) is 5.68. The first-order chi connectivity index (χ1) is 9.75. The fourth-order valence-electron chi connectivity index (χ4n) is 2.66. The zero-order chi connectivity index (χ0) is 14.4. The highest BCUT2D eigenvalue weighted by atomic mass is 79.9. The van der Waals surface area contributed by atoms with E-state index >= 15 is 0 Å². The van der Waals surface area contributed by atoms with Gasteiger partial charge in [-0.3, -0.25) is 0 Å². The quantitative estimate of drug-likeness (QED) is 0.678. The van der Waals surface area contributed by atoms with Crippen LogP contribution in [0.15, 0.2) is 54.6 Å². The smallest absolute Gasteiger partial charge is 0.122 e. The molecule has 20 heavy (non-hydrogen) atoms. The van der Waals surface area contributed by atoms with Gasteiger partial charge in [-0.1, -0.05) is 71.4 Å². The van der Waals surface area contributed by atoms with Crippen LogP contribution in [0.4, 0.5) is 0 Å². The lowest BCUT2D eigenvalue weighted by atomic mass is 9.75. The molecule has 2 heteroatoms. The number of halogens is 1. The Hall–Kier alpha value is -1.28. The highest BCUT2D eigenvalue weighted by Crippen LogP contribution is 2.36. The molecule has 2 aromatic carbocycles. The molecule has 0 N–H and O–H groups in total. The number of benzene rings is 2. The molecule has 2 rings (SSSR count). The van der Waals surface area contributed by atoms with Crippen molar-refractivity contribution < 1.29 is 4.74 Å². The first kappa shape index (κ1) is 15.1. The Labute approximate surface area is 130 Å². The molecule has 0 aliphatic heterocycles. The van der Waals surface area contributed by atoms with Gasteiger partial charge in [0.2, 0.25) is 0 Å². The molecule has 0 bridgehead atoms. The summed E-state index contributed by atoms with van der Waals surface area (Å²) in [5.41, 5.74) is 2.75. The van der Waals surface area contributed by atoms with Crippen LogP contribution in [0.2, 0.25) is 0 Å². The van der Waals surface area contributed by atoms with Gasteiger partial charge in [0.05, 0.1) is 7.11 Å². The number of ether oxygens (including phenoxy) is 1. The number of methoxy groups -OCH3 is 1. The Kier molecular flexibility index (Phi) is 5.24. The molecule has 0 fully saturated rings. The molecule has 0 saturated carbocycles. The van der Waals surface area contributed by atoms with E-state index in [4.69, 9.17) is 4.74 Å². The third-order valence-corrected chi connectivity index (χ3v) is 5.11. The molecule has 0 aromatic heterocycles. The summed E-state index contributed by atoms with van der Waals surface area (Å²) in [6, 6.07) is 19.0. The SMILES string of the molecule is CCC(CBr)(Cc1ccccc1OC)c1ccccc1. The highest BCUT2D eigenvalue weighted by Gasteiger charge is 2.30. The van der Waals surface area contributed by atoms with Crippen molar-refractivity contribution in [2.45, 2.75) is 25.2 Å². The zero-order valence-corrected chi connectivity index (χ0v) is 13.7. The number of alkyl halides is 1. The minimum Gasteiger partial charge on any atom is -0.496 e. The molecule has 2 aromatic rings. The zero-order valence-electron chi connectivity index (χ0n) is 12.1. The largest absolute Gasteiger partial charge is 0.496 e. The summed E-state index contributed by atoms with van der Waals surface area (Å²) in [4.78, 5) is 0. The van der Waals surface area contributed by atoms with E-state index in [-0.39, 0.29) is 5.41 Å². The van der Waals surface area contributed by atoms with Crippen LogP contribution in [0.5, 0.6) is 5.75 Å². The lowest BCUT2D eigenvalue weighted by Crippen LogP contribution is -2.30. The van der Waals surface area contributed by atoms with E-state index in [1.807, 2.05) is 12.1 Å². The molecule has 0 spiro atoms. The molecule has 0 aliphatic carbocycles. The van der Waals surface area contributed by atoms with Gasteiger partial charge in [-0.15, -0.1) is 0 Å². The molecule has 1 unspecified atom stereocenters. The van der Waals surface area contributed by atoms with Crippen LogP contribution in [0.3, 0.4) is 0 Å². The van der Waals surface area contributed by atoms with Gasteiger partial charge in [0.15, 0.2) is 0 Å². The molecule has 1 nitrogen and oxygen atoms in total. The Morgan fingerprint density at radius 2 is 1.65 bits per heavy atom. The van der Waals surface area contributed by atoms with Gasteiger partial charge in [0.1, 0.15) is 5.75 Å². The predicted octanol–water partition coefficient (Wildman–Crippen LogP) is 4.98. The van der Waals surface area contributed by atoms with E-state index in [9.17, 15) is 0 Å². The van der Waals surface area contributed by atoms with Crippen molar-refractivity contribution >= 4 is 15.9 Å². The topological polar surface area (TPSA) is 9.23 Å². The second kappa shape index (κ2) is 6.94. The number of hydrogen-bond donors (Lipinski definition) is 0. The van der Waals surface area contributed by atoms with Crippen molar-refractivity contribution in [3.63, 3.8) is 0 Å². The maximum absolute atomic E-state index is 5.50. The second-order valence-electron chi connectivity index (χ2n) is 5.12. The van der Waals surface area contributed by atoms with Crippen LogP contribution in [0.25, 0.3) is 0 Å². The first-order valence-electron chi connectivity index (χ1n) is 6.99. The monoisotopic (exact) mass is 332 g/mol. The Bertz CT molecular complexity index is 532. The highest BCUT2D eigenvalue weighted by molar-refractivity contribution is 9.09. The van der Waals surface area contributed by atoms with Crippen LogP contribution in [0.1, 0.15) is 24.5 Å². The van der Waals surface area contributed by atoms with Crippen LogP contribution >= 0.6 is 15.9 Å². The molecule has 0 aliphatic rings. The van der Waals surface area contributed by atoms with E-state index in [1.54, 1.807) is 7.11 Å². The van der Waals surface area contributed by atoms with Crippen LogP contribution in [-0.2, 0) is 11.8 Å². The van der Waals surface area contributed by atoms with E-state index in [0.717, 1.165) is 23.9 Å².